The molecule has 2 rings (SSSR count). The van der Waals surface area contributed by atoms with Gasteiger partial charge < -0.3 is 10.4 Å². The Kier molecular flexibility index (Phi) is 3.52. The Morgan fingerprint density at radius 2 is 2.21 bits per heavy atom. The maximum atomic E-state index is 12.0. The number of anilines is 1. The van der Waals surface area contributed by atoms with Crippen LogP contribution in [0.4, 0.5) is 5.69 Å². The molecule has 0 unspecified atom stereocenters. The van der Waals surface area contributed by atoms with Gasteiger partial charge in [0.1, 0.15) is 0 Å². The molecule has 6 nitrogen and oxygen atoms in total. The lowest BCUT2D eigenvalue weighted by Crippen LogP contribution is -2.16. The van der Waals surface area contributed by atoms with Crippen molar-refractivity contribution in [2.45, 2.75) is 6.92 Å². The fourth-order valence-electron chi connectivity index (χ4n) is 1.52. The molecule has 3 N–H and O–H groups in total. The summed E-state index contributed by atoms with van der Waals surface area (Å²) in [4.78, 5) is 29.1. The molecular formula is C12H10ClN3O3. The number of carbonyl (C=O) groups excluding carboxylic acids is 1. The molecule has 0 bridgehead atoms. The van der Waals surface area contributed by atoms with Crippen molar-refractivity contribution in [3.05, 3.63) is 51.0 Å². The normalized spacial score (nSPS) is 10.2. The van der Waals surface area contributed by atoms with Crippen molar-refractivity contribution >= 4 is 23.2 Å². The zero-order chi connectivity index (χ0) is 14.0. The van der Waals surface area contributed by atoms with Crippen molar-refractivity contribution in [2.24, 2.45) is 0 Å². The predicted octanol–water partition coefficient (Wildman–Crippen LogP) is 1.69. The fourth-order valence-corrected chi connectivity index (χ4v) is 1.77. The quantitative estimate of drug-likeness (QED) is 0.729. The van der Waals surface area contributed by atoms with Crippen molar-refractivity contribution in [3.63, 3.8) is 0 Å². The second-order valence-electron chi connectivity index (χ2n) is 3.87. The Labute approximate surface area is 113 Å². The second kappa shape index (κ2) is 5.11. The summed E-state index contributed by atoms with van der Waals surface area (Å²) in [6, 6.07) is 3.92. The highest BCUT2D eigenvalue weighted by atomic mass is 35.5. The molecule has 0 saturated carbocycles. The molecule has 2 heterocycles. The maximum absolute atomic E-state index is 12.0. The highest BCUT2D eigenvalue weighted by Gasteiger charge is 2.12. The van der Waals surface area contributed by atoms with Crippen LogP contribution in [0.5, 0.6) is 5.88 Å². The summed E-state index contributed by atoms with van der Waals surface area (Å²) < 4.78 is 0. The first-order chi connectivity index (χ1) is 8.97. The summed E-state index contributed by atoms with van der Waals surface area (Å²) in [6.45, 7) is 1.76. The van der Waals surface area contributed by atoms with Crippen LogP contribution in [0.15, 0.2) is 29.2 Å². The lowest BCUT2D eigenvalue weighted by molar-refractivity contribution is 0.102. The molecule has 0 spiro atoms. The molecule has 0 aliphatic carbocycles. The van der Waals surface area contributed by atoms with E-state index in [1.165, 1.54) is 6.20 Å². The molecule has 0 atom stereocenters. The third-order valence-corrected chi connectivity index (χ3v) is 2.73. The Morgan fingerprint density at radius 1 is 1.47 bits per heavy atom. The molecule has 0 fully saturated rings. The number of nitrogens with one attached hydrogen (secondary N) is 2. The average molecular weight is 280 g/mol. The van der Waals surface area contributed by atoms with Crippen molar-refractivity contribution in [1.82, 2.24) is 9.97 Å². The van der Waals surface area contributed by atoms with Gasteiger partial charge in [0.2, 0.25) is 0 Å². The van der Waals surface area contributed by atoms with E-state index in [-0.39, 0.29) is 16.6 Å². The summed E-state index contributed by atoms with van der Waals surface area (Å²) in [5, 5.41) is 12.0. The summed E-state index contributed by atoms with van der Waals surface area (Å²) >= 11 is 5.88. The van der Waals surface area contributed by atoms with E-state index in [1.54, 1.807) is 13.0 Å². The summed E-state index contributed by atoms with van der Waals surface area (Å²) in [5.41, 5.74) is 0.566. The van der Waals surface area contributed by atoms with Crippen LogP contribution in [0.2, 0.25) is 5.15 Å². The first-order valence-corrected chi connectivity index (χ1v) is 5.71. The number of pyridine rings is 2. The third-order valence-electron chi connectivity index (χ3n) is 2.44. The third kappa shape index (κ3) is 2.92. The van der Waals surface area contributed by atoms with Gasteiger partial charge in [-0.15, -0.1) is 0 Å². The summed E-state index contributed by atoms with van der Waals surface area (Å²) in [5.74, 6) is -0.939. The number of carbonyl (C=O) groups is 1. The van der Waals surface area contributed by atoms with Crippen molar-refractivity contribution in [1.29, 1.82) is 0 Å². The molecule has 2 aromatic heterocycles. The Hall–Kier alpha value is -2.34. The molecule has 7 heteroatoms. The summed E-state index contributed by atoms with van der Waals surface area (Å²) in [7, 11) is 0. The fraction of sp³-hybridized carbons (Fsp3) is 0.0833. The van der Waals surface area contributed by atoms with Gasteiger partial charge in [-0.1, -0.05) is 11.6 Å². The monoisotopic (exact) mass is 279 g/mol. The number of aryl methyl sites for hydroxylation is 1. The van der Waals surface area contributed by atoms with E-state index < -0.39 is 11.5 Å². The first-order valence-electron chi connectivity index (χ1n) is 5.33. The molecule has 98 valence electrons. The minimum absolute atomic E-state index is 0.0283. The van der Waals surface area contributed by atoms with E-state index in [0.717, 1.165) is 17.7 Å². The highest BCUT2D eigenvalue weighted by molar-refractivity contribution is 6.32. The van der Waals surface area contributed by atoms with E-state index in [9.17, 15) is 14.7 Å². The summed E-state index contributed by atoms with van der Waals surface area (Å²) in [6.07, 6.45) is 1.52. The van der Waals surface area contributed by atoms with Gasteiger partial charge in [-0.3, -0.25) is 14.6 Å². The second-order valence-corrected chi connectivity index (χ2v) is 4.22. The molecular weight excluding hydrogens is 270 g/mol. The topological polar surface area (TPSA) is 95.1 Å². The van der Waals surface area contributed by atoms with Crippen LogP contribution in [0.25, 0.3) is 0 Å². The molecule has 0 saturated heterocycles. The smallest absolute Gasteiger partial charge is 0.256 e. The van der Waals surface area contributed by atoms with Gasteiger partial charge in [0.15, 0.2) is 11.0 Å². The number of nitrogens with zero attached hydrogens (tertiary/aromatic N) is 1. The van der Waals surface area contributed by atoms with Crippen LogP contribution in [-0.2, 0) is 0 Å². The number of aromatic amines is 1. The first kappa shape index (κ1) is 13.1. The minimum atomic E-state index is -0.570. The number of aromatic nitrogens is 2. The van der Waals surface area contributed by atoms with Gasteiger partial charge in [-0.05, 0) is 18.6 Å². The molecule has 2 aromatic rings. The number of rotatable bonds is 2. The van der Waals surface area contributed by atoms with Gasteiger partial charge in [0.05, 0.1) is 11.3 Å². The lowest BCUT2D eigenvalue weighted by atomic mass is 10.2. The zero-order valence-electron chi connectivity index (χ0n) is 9.90. The standard InChI is InChI=1S/C12H10ClN3O3/c1-6-2-3-14-11(13)10(6)16-12(19)7-4-8(17)15-9(18)5-7/h2-5H,1H3,(H,16,19)(H2,15,17,18). The minimum Gasteiger partial charge on any atom is -0.494 e. The highest BCUT2D eigenvalue weighted by Crippen LogP contribution is 2.23. The number of halogens is 1. The van der Waals surface area contributed by atoms with E-state index in [2.05, 4.69) is 15.3 Å². The van der Waals surface area contributed by atoms with Gasteiger partial charge in [-0.25, -0.2) is 4.98 Å². The predicted molar refractivity (Wildman–Crippen MR) is 70.7 cm³/mol. The SMILES string of the molecule is Cc1ccnc(Cl)c1NC(=O)c1cc(O)[nH]c(=O)c1. The average Bonchev–Trinajstić information content (AvgIpc) is 2.32. The van der Waals surface area contributed by atoms with E-state index in [1.807, 2.05) is 0 Å². The molecule has 0 radical (unpaired) electrons. The van der Waals surface area contributed by atoms with E-state index in [4.69, 9.17) is 11.6 Å². The molecule has 0 aliphatic heterocycles. The molecule has 1 amide bonds. The van der Waals surface area contributed by atoms with Crippen LogP contribution >= 0.6 is 11.6 Å². The van der Waals surface area contributed by atoms with Crippen LogP contribution in [0, 0.1) is 6.92 Å². The number of amides is 1. The van der Waals surface area contributed by atoms with Crippen LogP contribution in [0.3, 0.4) is 0 Å². The Bertz CT molecular complexity index is 677. The zero-order valence-corrected chi connectivity index (χ0v) is 10.7. The van der Waals surface area contributed by atoms with Gasteiger partial charge in [0, 0.05) is 18.3 Å². The molecule has 0 aliphatic rings. The van der Waals surface area contributed by atoms with Gasteiger partial charge in [0.25, 0.3) is 11.5 Å². The maximum Gasteiger partial charge on any atom is 0.256 e. The molecule has 19 heavy (non-hydrogen) atoms. The van der Waals surface area contributed by atoms with Crippen LogP contribution in [0.1, 0.15) is 15.9 Å². The van der Waals surface area contributed by atoms with Crippen molar-refractivity contribution in [3.8, 4) is 5.88 Å². The Morgan fingerprint density at radius 3 is 2.84 bits per heavy atom. The van der Waals surface area contributed by atoms with Crippen LogP contribution < -0.4 is 10.9 Å². The van der Waals surface area contributed by atoms with Crippen LogP contribution in [-0.4, -0.2) is 21.0 Å². The Balaban J connectivity index is 2.33. The molecule has 0 aromatic carbocycles. The van der Waals surface area contributed by atoms with E-state index >= 15 is 0 Å². The van der Waals surface area contributed by atoms with E-state index in [0.29, 0.717) is 5.69 Å². The number of hydrogen-bond donors (Lipinski definition) is 3. The van der Waals surface area contributed by atoms with Gasteiger partial charge >= 0.3 is 0 Å². The van der Waals surface area contributed by atoms with Crippen molar-refractivity contribution < 1.29 is 9.90 Å². The lowest BCUT2D eigenvalue weighted by Gasteiger charge is -2.09. The van der Waals surface area contributed by atoms with Gasteiger partial charge in [-0.2, -0.15) is 0 Å². The number of H-pyrrole nitrogens is 1. The number of aromatic hydroxyl groups is 1. The number of hydrogen-bond acceptors (Lipinski definition) is 4. The largest absolute Gasteiger partial charge is 0.494 e. The van der Waals surface area contributed by atoms with Crippen molar-refractivity contribution in [2.75, 3.05) is 5.32 Å².